The number of nitriles is 1. The van der Waals surface area contributed by atoms with Gasteiger partial charge < -0.3 is 5.11 Å². The van der Waals surface area contributed by atoms with Gasteiger partial charge in [0, 0.05) is 6.42 Å². The summed E-state index contributed by atoms with van der Waals surface area (Å²) in [6, 6.07) is 0.756. The summed E-state index contributed by atoms with van der Waals surface area (Å²) >= 11 is 0. The van der Waals surface area contributed by atoms with E-state index >= 15 is 0 Å². The van der Waals surface area contributed by atoms with Crippen LogP contribution in [0.4, 0.5) is 57.1 Å². The first-order valence-electron chi connectivity index (χ1n) is 6.20. The fraction of sp³-hybridized carbons (Fsp3) is 0.818. The topological polar surface area (TPSA) is 61.1 Å². The molecule has 0 spiro atoms. The maximum atomic E-state index is 13.3. The first-order chi connectivity index (χ1) is 11.6. The summed E-state index contributed by atoms with van der Waals surface area (Å²) in [5.74, 6) is -42.3. The quantitative estimate of drug-likeness (QED) is 0.566. The van der Waals surface area contributed by atoms with E-state index < -0.39 is 60.5 Å². The van der Waals surface area contributed by atoms with E-state index in [0.29, 0.717) is 0 Å². The van der Waals surface area contributed by atoms with Gasteiger partial charge in [-0.15, -0.1) is 0 Å². The van der Waals surface area contributed by atoms with Gasteiger partial charge in [-0.25, -0.2) is 0 Å². The zero-order valence-electron chi connectivity index (χ0n) is 12.2. The fourth-order valence-corrected chi connectivity index (χ4v) is 1.53. The van der Waals surface area contributed by atoms with E-state index in [1.807, 2.05) is 0 Å². The lowest BCUT2D eigenvalue weighted by atomic mass is 9.90. The Balaban J connectivity index is 6.02. The third-order valence-electron chi connectivity index (χ3n) is 3.20. The number of hydrogen-bond acceptors (Lipinski definition) is 2. The van der Waals surface area contributed by atoms with Crippen molar-refractivity contribution in [1.29, 1.82) is 5.26 Å². The van der Waals surface area contributed by atoms with Gasteiger partial charge in [0.1, 0.15) is 5.92 Å². The van der Waals surface area contributed by atoms with Crippen molar-refractivity contribution in [3.05, 3.63) is 0 Å². The van der Waals surface area contributed by atoms with E-state index in [1.165, 1.54) is 0 Å². The van der Waals surface area contributed by atoms with Gasteiger partial charge in [-0.3, -0.25) is 4.79 Å². The molecule has 16 heteroatoms. The predicted octanol–water partition coefficient (Wildman–Crippen LogP) is 4.73. The average Bonchev–Trinajstić information content (AvgIpc) is 2.45. The molecule has 0 aliphatic carbocycles. The molecule has 0 bridgehead atoms. The van der Waals surface area contributed by atoms with Gasteiger partial charge in [0.2, 0.25) is 0 Å². The number of carboxylic acids is 1. The molecule has 0 aromatic heterocycles. The normalized spacial score (nSPS) is 16.0. The molecule has 3 nitrogen and oxygen atoms in total. The molecule has 1 atom stereocenters. The smallest absolute Gasteiger partial charge is 0.460 e. The van der Waals surface area contributed by atoms with Crippen molar-refractivity contribution in [1.82, 2.24) is 0 Å². The Bertz CT molecular complexity index is 604. The first-order valence-corrected chi connectivity index (χ1v) is 6.20. The molecule has 0 aliphatic rings. The molecular weight excluding hydrogens is 425 g/mol. The maximum Gasteiger partial charge on any atom is 0.460 e. The summed E-state index contributed by atoms with van der Waals surface area (Å²) in [5.41, 5.74) is 0. The molecule has 0 saturated carbocycles. The number of carboxylic acid groups (broad SMARTS) is 1. The Labute approximate surface area is 140 Å². The fourth-order valence-electron chi connectivity index (χ4n) is 1.53. The lowest BCUT2D eigenvalue weighted by Gasteiger charge is -2.39. The number of hydrogen-bond donors (Lipinski definition) is 1. The monoisotopic (exact) mass is 431 g/mol. The van der Waals surface area contributed by atoms with Gasteiger partial charge in [-0.05, 0) is 6.42 Å². The zero-order chi connectivity index (χ0) is 22.3. The molecule has 0 aromatic rings. The third-order valence-corrected chi connectivity index (χ3v) is 3.20. The lowest BCUT2D eigenvalue weighted by molar-refractivity contribution is -0.440. The highest BCUT2D eigenvalue weighted by Crippen LogP contribution is 2.60. The summed E-state index contributed by atoms with van der Waals surface area (Å²) in [6.45, 7) is 0. The van der Waals surface area contributed by atoms with E-state index in [1.54, 1.807) is 0 Å². The van der Waals surface area contributed by atoms with E-state index in [9.17, 15) is 61.9 Å². The van der Waals surface area contributed by atoms with Crippen LogP contribution in [0.25, 0.3) is 0 Å². The molecular formula is C11H6F13NO2. The number of nitrogens with zero attached hydrogens (tertiary/aromatic N) is 1. The van der Waals surface area contributed by atoms with Crippen molar-refractivity contribution in [3.8, 4) is 6.07 Å². The van der Waals surface area contributed by atoms with Crippen molar-refractivity contribution in [2.24, 2.45) is 5.92 Å². The van der Waals surface area contributed by atoms with Crippen molar-refractivity contribution in [2.75, 3.05) is 0 Å². The van der Waals surface area contributed by atoms with Crippen LogP contribution in [0, 0.1) is 17.2 Å². The molecule has 0 rings (SSSR count). The van der Waals surface area contributed by atoms with Gasteiger partial charge in [0.25, 0.3) is 0 Å². The summed E-state index contributed by atoms with van der Waals surface area (Å²) in [7, 11) is 0. The van der Waals surface area contributed by atoms with E-state index in [2.05, 4.69) is 0 Å². The molecule has 27 heavy (non-hydrogen) atoms. The van der Waals surface area contributed by atoms with Crippen LogP contribution in [0.1, 0.15) is 12.8 Å². The average molecular weight is 431 g/mol. The Hall–Kier alpha value is -1.95. The minimum atomic E-state index is -8.01. The van der Waals surface area contributed by atoms with Crippen LogP contribution in [0.2, 0.25) is 0 Å². The molecule has 0 fully saturated rings. The molecule has 0 amide bonds. The number of halogens is 13. The predicted molar refractivity (Wildman–Crippen MR) is 56.8 cm³/mol. The number of carbonyl (C=O) groups is 1. The molecule has 158 valence electrons. The van der Waals surface area contributed by atoms with Crippen LogP contribution < -0.4 is 0 Å². The van der Waals surface area contributed by atoms with E-state index in [0.717, 1.165) is 6.07 Å². The highest BCUT2D eigenvalue weighted by atomic mass is 19.4. The molecule has 0 saturated heterocycles. The molecule has 1 N–H and O–H groups in total. The summed E-state index contributed by atoms with van der Waals surface area (Å²) < 4.78 is 166. The summed E-state index contributed by atoms with van der Waals surface area (Å²) in [5, 5.41) is 16.5. The molecule has 1 unspecified atom stereocenters. The second kappa shape index (κ2) is 6.89. The first kappa shape index (κ1) is 25.1. The van der Waals surface area contributed by atoms with Crippen LogP contribution in [0.5, 0.6) is 0 Å². The van der Waals surface area contributed by atoms with Crippen molar-refractivity contribution in [2.45, 2.75) is 48.6 Å². The standard InChI is InChI=1S/C11H6F13NO2/c12-6(13,2-1-4(3-25)5(26)27)7(14,15)8(16,17)9(18,19)10(20,21)11(22,23)24/h4H,1-2H2,(H,26,27). The van der Waals surface area contributed by atoms with Gasteiger partial charge in [-0.2, -0.15) is 62.3 Å². The Morgan fingerprint density at radius 2 is 1.15 bits per heavy atom. The minimum absolute atomic E-state index is 0.756. The number of aliphatic carboxylic acids is 1. The Morgan fingerprint density at radius 3 is 1.44 bits per heavy atom. The van der Waals surface area contributed by atoms with E-state index in [4.69, 9.17) is 10.4 Å². The molecule has 0 heterocycles. The van der Waals surface area contributed by atoms with Crippen molar-refractivity contribution in [3.63, 3.8) is 0 Å². The molecule has 0 aromatic carbocycles. The van der Waals surface area contributed by atoms with Crippen LogP contribution in [-0.4, -0.2) is 46.9 Å². The van der Waals surface area contributed by atoms with Crippen molar-refractivity contribution >= 4 is 5.97 Å². The summed E-state index contributed by atoms with van der Waals surface area (Å²) in [4.78, 5) is 10.3. The van der Waals surface area contributed by atoms with Crippen LogP contribution in [0.3, 0.4) is 0 Å². The number of rotatable bonds is 8. The van der Waals surface area contributed by atoms with Crippen LogP contribution in [0.15, 0.2) is 0 Å². The van der Waals surface area contributed by atoms with Crippen LogP contribution in [-0.2, 0) is 4.79 Å². The van der Waals surface area contributed by atoms with E-state index in [-0.39, 0.29) is 0 Å². The second-order valence-electron chi connectivity index (χ2n) is 5.06. The van der Waals surface area contributed by atoms with Gasteiger partial charge in [0.15, 0.2) is 0 Å². The van der Waals surface area contributed by atoms with Crippen molar-refractivity contribution < 1.29 is 67.0 Å². The lowest BCUT2D eigenvalue weighted by Crippen LogP contribution is -2.70. The Morgan fingerprint density at radius 1 is 0.778 bits per heavy atom. The van der Waals surface area contributed by atoms with Gasteiger partial charge in [0.05, 0.1) is 6.07 Å². The molecule has 0 aliphatic heterocycles. The summed E-state index contributed by atoms with van der Waals surface area (Å²) in [6.07, 6.45) is -12.0. The third kappa shape index (κ3) is 3.86. The maximum absolute atomic E-state index is 13.3. The highest BCUT2D eigenvalue weighted by Gasteiger charge is 2.90. The molecule has 0 radical (unpaired) electrons. The number of alkyl halides is 13. The second-order valence-corrected chi connectivity index (χ2v) is 5.06. The highest BCUT2D eigenvalue weighted by molar-refractivity contribution is 5.72. The Kier molecular flexibility index (Phi) is 6.40. The largest absolute Gasteiger partial charge is 0.480 e. The SMILES string of the molecule is N#CC(CCC(F)(F)C(F)(F)C(F)(F)C(F)(F)C(F)(F)C(F)(F)F)C(=O)O. The van der Waals surface area contributed by atoms with Crippen LogP contribution >= 0.6 is 0 Å². The van der Waals surface area contributed by atoms with Gasteiger partial charge >= 0.3 is 41.8 Å². The zero-order valence-corrected chi connectivity index (χ0v) is 12.2. The minimum Gasteiger partial charge on any atom is -0.480 e. The van der Waals surface area contributed by atoms with Gasteiger partial charge in [-0.1, -0.05) is 0 Å².